The average Bonchev–Trinajstić information content (AvgIpc) is 3.06. The molecule has 1 saturated carbocycles. The van der Waals surface area contributed by atoms with Gasteiger partial charge in [-0.1, -0.05) is 5.21 Å². The number of carboxylic acids is 1. The minimum Gasteiger partial charge on any atom is -0.475 e. The summed E-state index contributed by atoms with van der Waals surface area (Å²) in [6.45, 7) is 3.50. The lowest BCUT2D eigenvalue weighted by Crippen LogP contribution is -2.25. The number of rotatable bonds is 5. The van der Waals surface area contributed by atoms with Crippen molar-refractivity contribution in [3.05, 3.63) is 29.5 Å². The number of furan rings is 1. The summed E-state index contributed by atoms with van der Waals surface area (Å²) < 4.78 is 37.3. The van der Waals surface area contributed by atoms with Crippen molar-refractivity contribution in [2.24, 2.45) is 0 Å². The fourth-order valence-corrected chi connectivity index (χ4v) is 1.96. The fourth-order valence-electron chi connectivity index (χ4n) is 1.96. The van der Waals surface area contributed by atoms with Crippen molar-refractivity contribution in [1.29, 1.82) is 0 Å². The number of aromatic amines is 1. The Morgan fingerprint density at radius 1 is 1.42 bits per heavy atom. The second kappa shape index (κ2) is 7.43. The molecule has 0 saturated heterocycles. The number of halogens is 3. The van der Waals surface area contributed by atoms with Crippen LogP contribution in [0.2, 0.25) is 0 Å². The number of nitrogens with zero attached hydrogens (tertiary/aromatic N) is 4. The van der Waals surface area contributed by atoms with Gasteiger partial charge >= 0.3 is 12.1 Å². The lowest BCUT2D eigenvalue weighted by molar-refractivity contribution is -0.192. The Morgan fingerprint density at radius 2 is 2.08 bits per heavy atom. The molecule has 24 heavy (non-hydrogen) atoms. The van der Waals surface area contributed by atoms with Gasteiger partial charge in [0.1, 0.15) is 11.5 Å². The van der Waals surface area contributed by atoms with Crippen LogP contribution in [0.1, 0.15) is 30.2 Å². The minimum absolute atomic E-state index is 0.638. The van der Waals surface area contributed by atoms with E-state index in [1.807, 2.05) is 19.1 Å². The Labute approximate surface area is 134 Å². The normalized spacial score (nSPS) is 14.4. The van der Waals surface area contributed by atoms with Crippen LogP contribution in [0, 0.1) is 6.92 Å². The SMILES string of the molecule is Cc1ccc(CN(Cc2nn[nH]n2)C2CC2)o1.O=C(O)C(F)(F)F. The van der Waals surface area contributed by atoms with Crippen LogP contribution in [-0.4, -0.2) is 48.8 Å². The maximum Gasteiger partial charge on any atom is 0.490 e. The third kappa shape index (κ3) is 5.65. The molecule has 0 spiro atoms. The highest BCUT2D eigenvalue weighted by Crippen LogP contribution is 2.29. The number of nitrogens with one attached hydrogen (secondary N) is 1. The summed E-state index contributed by atoms with van der Waals surface area (Å²) in [5.41, 5.74) is 0. The summed E-state index contributed by atoms with van der Waals surface area (Å²) in [5.74, 6) is -0.0686. The minimum atomic E-state index is -5.08. The van der Waals surface area contributed by atoms with Crippen molar-refractivity contribution >= 4 is 5.97 Å². The Hall–Kier alpha value is -2.43. The lowest BCUT2D eigenvalue weighted by Gasteiger charge is -2.18. The predicted molar refractivity (Wildman–Crippen MR) is 73.6 cm³/mol. The number of carboxylic acid groups (broad SMARTS) is 1. The summed E-state index contributed by atoms with van der Waals surface area (Å²) in [7, 11) is 0. The van der Waals surface area contributed by atoms with Crippen molar-refractivity contribution in [3.63, 3.8) is 0 Å². The molecule has 1 fully saturated rings. The number of aliphatic carboxylic acids is 1. The molecule has 0 aromatic carbocycles. The Bertz CT molecular complexity index is 652. The van der Waals surface area contributed by atoms with Gasteiger partial charge in [-0.2, -0.15) is 18.4 Å². The van der Waals surface area contributed by atoms with E-state index in [9.17, 15) is 13.2 Å². The maximum absolute atomic E-state index is 10.6. The molecule has 1 aliphatic rings. The highest BCUT2D eigenvalue weighted by Gasteiger charge is 2.38. The van der Waals surface area contributed by atoms with E-state index in [1.165, 1.54) is 12.8 Å². The van der Waals surface area contributed by atoms with Crippen molar-refractivity contribution < 1.29 is 27.5 Å². The third-order valence-corrected chi connectivity index (χ3v) is 3.19. The van der Waals surface area contributed by atoms with Crippen LogP contribution in [0.3, 0.4) is 0 Å². The van der Waals surface area contributed by atoms with E-state index >= 15 is 0 Å². The van der Waals surface area contributed by atoms with E-state index in [0.717, 1.165) is 30.4 Å². The summed E-state index contributed by atoms with van der Waals surface area (Å²) >= 11 is 0. The summed E-state index contributed by atoms with van der Waals surface area (Å²) in [6.07, 6.45) is -2.59. The highest BCUT2D eigenvalue weighted by atomic mass is 19.4. The molecule has 0 aliphatic heterocycles. The van der Waals surface area contributed by atoms with Crippen LogP contribution in [0.25, 0.3) is 0 Å². The van der Waals surface area contributed by atoms with Gasteiger partial charge in [0, 0.05) is 6.04 Å². The zero-order valence-corrected chi connectivity index (χ0v) is 12.7. The molecular weight excluding hydrogens is 331 g/mol. The van der Waals surface area contributed by atoms with Crippen LogP contribution in [0.15, 0.2) is 16.5 Å². The van der Waals surface area contributed by atoms with Gasteiger partial charge in [-0.3, -0.25) is 4.90 Å². The molecule has 2 heterocycles. The van der Waals surface area contributed by atoms with Crippen LogP contribution >= 0.6 is 0 Å². The zero-order chi connectivity index (χ0) is 17.7. The second-order valence-electron chi connectivity index (χ2n) is 5.28. The van der Waals surface area contributed by atoms with Crippen LogP contribution in [0.4, 0.5) is 13.2 Å². The van der Waals surface area contributed by atoms with Gasteiger partial charge in [0.2, 0.25) is 0 Å². The van der Waals surface area contributed by atoms with E-state index in [4.69, 9.17) is 14.3 Å². The van der Waals surface area contributed by atoms with Gasteiger partial charge in [-0.25, -0.2) is 4.79 Å². The van der Waals surface area contributed by atoms with Gasteiger partial charge < -0.3 is 9.52 Å². The monoisotopic (exact) mass is 347 g/mol. The summed E-state index contributed by atoms with van der Waals surface area (Å²) in [5, 5.41) is 21.2. The van der Waals surface area contributed by atoms with Gasteiger partial charge in [0.25, 0.3) is 0 Å². The van der Waals surface area contributed by atoms with Gasteiger partial charge in [-0.05, 0) is 31.9 Å². The van der Waals surface area contributed by atoms with E-state index in [1.54, 1.807) is 0 Å². The number of hydrogen-bond donors (Lipinski definition) is 2. The molecule has 3 rings (SSSR count). The largest absolute Gasteiger partial charge is 0.490 e. The standard InChI is InChI=1S/C11H15N5O.C2HF3O2/c1-8-2-5-10(17-8)6-16(9-3-4-9)7-11-12-14-15-13-11;3-2(4,5)1(6)7/h2,5,9H,3-4,6-7H2,1H3,(H,12,13,14,15);(H,6,7). The number of carbonyl (C=O) groups is 1. The number of aryl methyl sites for hydroxylation is 1. The first-order valence-electron chi connectivity index (χ1n) is 7.07. The topological polar surface area (TPSA) is 108 Å². The molecule has 0 bridgehead atoms. The molecule has 2 aromatic rings. The molecule has 0 unspecified atom stereocenters. The number of hydrogen-bond acceptors (Lipinski definition) is 6. The summed E-state index contributed by atoms with van der Waals surface area (Å²) in [6, 6.07) is 4.66. The Morgan fingerprint density at radius 3 is 2.50 bits per heavy atom. The molecule has 0 radical (unpaired) electrons. The number of aromatic nitrogens is 4. The molecule has 0 atom stereocenters. The first-order chi connectivity index (χ1) is 11.3. The lowest BCUT2D eigenvalue weighted by atomic mass is 10.3. The molecule has 11 heteroatoms. The Balaban J connectivity index is 0.000000256. The molecule has 0 amide bonds. The van der Waals surface area contributed by atoms with Crippen LogP contribution in [-0.2, 0) is 17.9 Å². The Kier molecular flexibility index (Phi) is 5.54. The van der Waals surface area contributed by atoms with E-state index in [0.29, 0.717) is 6.04 Å². The smallest absolute Gasteiger partial charge is 0.475 e. The van der Waals surface area contributed by atoms with Crippen LogP contribution in [0.5, 0.6) is 0 Å². The molecule has 132 valence electrons. The number of alkyl halides is 3. The molecule has 1 aliphatic carbocycles. The molecule has 8 nitrogen and oxygen atoms in total. The summed E-state index contributed by atoms with van der Waals surface area (Å²) in [4.78, 5) is 11.2. The third-order valence-electron chi connectivity index (χ3n) is 3.19. The van der Waals surface area contributed by atoms with E-state index in [2.05, 4.69) is 25.5 Å². The number of H-pyrrole nitrogens is 1. The van der Waals surface area contributed by atoms with Gasteiger partial charge in [-0.15, -0.1) is 10.2 Å². The molecule has 2 aromatic heterocycles. The number of tetrazole rings is 1. The van der Waals surface area contributed by atoms with Crippen molar-refractivity contribution in [1.82, 2.24) is 25.5 Å². The van der Waals surface area contributed by atoms with Crippen LogP contribution < -0.4 is 0 Å². The van der Waals surface area contributed by atoms with Crippen molar-refractivity contribution in [3.8, 4) is 0 Å². The van der Waals surface area contributed by atoms with Gasteiger partial charge in [0.15, 0.2) is 5.82 Å². The quantitative estimate of drug-likeness (QED) is 0.850. The molecule has 2 N–H and O–H groups in total. The first kappa shape index (κ1) is 17.9. The zero-order valence-electron chi connectivity index (χ0n) is 12.7. The maximum atomic E-state index is 10.6. The highest BCUT2D eigenvalue weighted by molar-refractivity contribution is 5.73. The predicted octanol–water partition coefficient (Wildman–Crippen LogP) is 1.90. The second-order valence-corrected chi connectivity index (χ2v) is 5.28. The van der Waals surface area contributed by atoms with Crippen molar-refractivity contribution in [2.45, 2.75) is 45.1 Å². The van der Waals surface area contributed by atoms with E-state index in [-0.39, 0.29) is 0 Å². The van der Waals surface area contributed by atoms with E-state index < -0.39 is 12.1 Å². The first-order valence-corrected chi connectivity index (χ1v) is 7.07. The van der Waals surface area contributed by atoms with Gasteiger partial charge in [0.05, 0.1) is 13.1 Å². The molecular formula is C13H16F3N5O3. The fraction of sp³-hybridized carbons (Fsp3) is 0.538. The van der Waals surface area contributed by atoms with Crippen molar-refractivity contribution in [2.75, 3.05) is 0 Å². The average molecular weight is 347 g/mol.